The number of hydrogen-bond donors (Lipinski definition) is 4. The molecule has 3 aromatic heterocycles. The molecule has 0 spiro atoms. The molecule has 1 aliphatic rings. The van der Waals surface area contributed by atoms with E-state index in [0.29, 0.717) is 19.6 Å². The molecule has 1 aliphatic heterocycles. The van der Waals surface area contributed by atoms with E-state index < -0.39 is 0 Å². The van der Waals surface area contributed by atoms with Gasteiger partial charge in [0, 0.05) is 55.9 Å². The number of nitrogens with one attached hydrogen (secondary N) is 4. The van der Waals surface area contributed by atoms with E-state index in [1.54, 1.807) is 36.0 Å². The molecule has 1 aromatic carbocycles. The van der Waals surface area contributed by atoms with Gasteiger partial charge in [-0.25, -0.2) is 4.98 Å². The number of methoxy groups -OCH3 is 1. The molecule has 35 heavy (non-hydrogen) atoms. The number of amides is 1. The lowest BCUT2D eigenvalue weighted by Gasteiger charge is -2.13. The average Bonchev–Trinajstić information content (AvgIpc) is 3.44. The topological polar surface area (TPSA) is 108 Å². The molecular weight excluding hydrogens is 482 g/mol. The molecule has 0 saturated carbocycles. The summed E-state index contributed by atoms with van der Waals surface area (Å²) in [5.41, 5.74) is 5.05. The molecule has 182 valence electrons. The number of fused-ring (bicyclic) bond motifs is 2. The first-order valence-electron chi connectivity index (χ1n) is 11.6. The van der Waals surface area contributed by atoms with Crippen LogP contribution in [0.25, 0.3) is 31.9 Å². The molecule has 4 N–H and O–H groups in total. The average molecular weight is 510 g/mol. The van der Waals surface area contributed by atoms with Gasteiger partial charge in [-0.15, -0.1) is 22.7 Å². The number of aromatic nitrogens is 2. The molecule has 10 heteroatoms. The zero-order valence-electron chi connectivity index (χ0n) is 19.4. The summed E-state index contributed by atoms with van der Waals surface area (Å²) in [4.78, 5) is 33.1. The van der Waals surface area contributed by atoms with Crippen molar-refractivity contribution in [3.05, 3.63) is 57.3 Å². The number of anilines is 1. The molecular formula is C25H27N5O3S2. The Morgan fingerprint density at radius 2 is 2.06 bits per heavy atom. The quantitative estimate of drug-likeness (QED) is 0.257. The van der Waals surface area contributed by atoms with Crippen LogP contribution in [-0.4, -0.2) is 49.2 Å². The maximum atomic E-state index is 12.7. The van der Waals surface area contributed by atoms with E-state index >= 15 is 0 Å². The molecule has 0 unspecified atom stereocenters. The lowest BCUT2D eigenvalue weighted by molar-refractivity contribution is -0.116. The van der Waals surface area contributed by atoms with E-state index in [1.165, 1.54) is 16.5 Å². The normalized spacial score (nSPS) is 13.2. The van der Waals surface area contributed by atoms with Crippen LogP contribution in [0.4, 0.5) is 5.00 Å². The molecule has 0 atom stereocenters. The van der Waals surface area contributed by atoms with Gasteiger partial charge in [-0.1, -0.05) is 6.07 Å². The van der Waals surface area contributed by atoms with Crippen LogP contribution in [-0.2, 0) is 22.5 Å². The summed E-state index contributed by atoms with van der Waals surface area (Å²) in [6.07, 6.45) is 3.03. The second kappa shape index (κ2) is 10.8. The van der Waals surface area contributed by atoms with Crippen LogP contribution in [0, 0.1) is 0 Å². The number of pyridine rings is 1. The summed E-state index contributed by atoms with van der Waals surface area (Å²) in [6.45, 7) is 3.67. The van der Waals surface area contributed by atoms with Crippen molar-refractivity contribution in [3.63, 3.8) is 0 Å². The molecule has 4 aromatic rings. The monoisotopic (exact) mass is 509 g/mol. The SMILES string of the molecule is COCCNCCC(=O)Nc1sc2c(c1-c1nc3cc(-c4ccc(=O)[nH]c4)ccc3s1)CCNC2. The van der Waals surface area contributed by atoms with Crippen molar-refractivity contribution in [2.75, 3.05) is 38.7 Å². The molecule has 0 radical (unpaired) electrons. The van der Waals surface area contributed by atoms with Crippen LogP contribution >= 0.6 is 22.7 Å². The number of aromatic amines is 1. The fraction of sp³-hybridized carbons (Fsp3) is 0.320. The number of rotatable bonds is 9. The number of carbonyl (C=O) groups is 1. The van der Waals surface area contributed by atoms with Crippen molar-refractivity contribution in [3.8, 4) is 21.7 Å². The number of nitrogens with zero attached hydrogens (tertiary/aromatic N) is 1. The number of carbonyl (C=O) groups excluding carboxylic acids is 1. The standard InChI is InChI=1S/C25H27N5O3S2/c1-33-11-10-26-9-7-22(32)30-25-23(17-6-8-27-14-20(17)35-25)24-29-18-12-15(2-4-19(18)34-24)16-3-5-21(31)28-13-16/h2-5,12-13,26-27H,6-11,14H2,1H3,(H,28,31)(H,30,32). The van der Waals surface area contributed by atoms with Crippen LogP contribution in [0.2, 0.25) is 0 Å². The third kappa shape index (κ3) is 5.36. The maximum absolute atomic E-state index is 12.7. The van der Waals surface area contributed by atoms with Crippen LogP contribution < -0.4 is 21.5 Å². The van der Waals surface area contributed by atoms with Crippen molar-refractivity contribution >= 4 is 43.8 Å². The Kier molecular flexibility index (Phi) is 7.35. The van der Waals surface area contributed by atoms with E-state index in [0.717, 1.165) is 63.0 Å². The van der Waals surface area contributed by atoms with Crippen molar-refractivity contribution in [2.24, 2.45) is 0 Å². The summed E-state index contributed by atoms with van der Waals surface area (Å²) < 4.78 is 6.12. The fourth-order valence-electron chi connectivity index (χ4n) is 4.14. The smallest absolute Gasteiger partial charge is 0.247 e. The van der Waals surface area contributed by atoms with E-state index in [2.05, 4.69) is 27.0 Å². The van der Waals surface area contributed by atoms with Gasteiger partial charge in [-0.05, 0) is 47.9 Å². The van der Waals surface area contributed by atoms with Gasteiger partial charge in [0.15, 0.2) is 0 Å². The third-order valence-corrected chi connectivity index (χ3v) is 8.11. The molecule has 0 saturated heterocycles. The van der Waals surface area contributed by atoms with E-state index in [4.69, 9.17) is 9.72 Å². The zero-order valence-corrected chi connectivity index (χ0v) is 21.0. The van der Waals surface area contributed by atoms with E-state index in [-0.39, 0.29) is 11.5 Å². The molecule has 8 nitrogen and oxygen atoms in total. The maximum Gasteiger partial charge on any atom is 0.247 e. The van der Waals surface area contributed by atoms with E-state index in [9.17, 15) is 9.59 Å². The van der Waals surface area contributed by atoms with Crippen molar-refractivity contribution in [2.45, 2.75) is 19.4 Å². The predicted molar refractivity (Wildman–Crippen MR) is 142 cm³/mol. The minimum Gasteiger partial charge on any atom is -0.383 e. The largest absolute Gasteiger partial charge is 0.383 e. The minimum absolute atomic E-state index is 0.0100. The molecule has 4 heterocycles. The van der Waals surface area contributed by atoms with Crippen LogP contribution in [0.1, 0.15) is 16.9 Å². The van der Waals surface area contributed by atoms with Gasteiger partial charge in [0.05, 0.1) is 16.8 Å². The van der Waals surface area contributed by atoms with Gasteiger partial charge < -0.3 is 25.7 Å². The summed E-state index contributed by atoms with van der Waals surface area (Å²) in [5.74, 6) is -0.0100. The predicted octanol–water partition coefficient (Wildman–Crippen LogP) is 3.59. The van der Waals surface area contributed by atoms with Gasteiger partial charge in [0.1, 0.15) is 10.0 Å². The van der Waals surface area contributed by atoms with Crippen LogP contribution in [0.5, 0.6) is 0 Å². The van der Waals surface area contributed by atoms with Gasteiger partial charge >= 0.3 is 0 Å². The van der Waals surface area contributed by atoms with Gasteiger partial charge in [0.25, 0.3) is 0 Å². The second-order valence-corrected chi connectivity index (χ2v) is 10.5. The number of thiophene rings is 1. The number of ether oxygens (including phenoxy) is 1. The number of H-pyrrole nitrogens is 1. The molecule has 0 fully saturated rings. The number of thiazole rings is 1. The number of benzene rings is 1. The highest BCUT2D eigenvalue weighted by atomic mass is 32.1. The Labute approximate surface area is 210 Å². The fourth-order valence-corrected chi connectivity index (χ4v) is 6.47. The van der Waals surface area contributed by atoms with Crippen molar-refractivity contribution < 1.29 is 9.53 Å². The van der Waals surface area contributed by atoms with Crippen molar-refractivity contribution in [1.82, 2.24) is 20.6 Å². The zero-order chi connectivity index (χ0) is 24.2. The molecule has 1 amide bonds. The lowest BCUT2D eigenvalue weighted by Crippen LogP contribution is -2.24. The Balaban J connectivity index is 1.43. The first-order valence-corrected chi connectivity index (χ1v) is 13.2. The van der Waals surface area contributed by atoms with Crippen molar-refractivity contribution in [1.29, 1.82) is 0 Å². The summed E-state index contributed by atoms with van der Waals surface area (Å²) in [5, 5.41) is 11.6. The number of hydrogen-bond acceptors (Lipinski definition) is 8. The van der Waals surface area contributed by atoms with Crippen LogP contribution in [0.3, 0.4) is 0 Å². The summed E-state index contributed by atoms with van der Waals surface area (Å²) in [6, 6.07) is 9.51. The Bertz CT molecular complexity index is 1390. The molecule has 5 rings (SSSR count). The first-order chi connectivity index (χ1) is 17.1. The highest BCUT2D eigenvalue weighted by molar-refractivity contribution is 7.23. The Hall–Kier alpha value is -2.89. The van der Waals surface area contributed by atoms with E-state index in [1.807, 2.05) is 18.2 Å². The first kappa shape index (κ1) is 23.8. The Morgan fingerprint density at radius 3 is 2.89 bits per heavy atom. The summed E-state index contributed by atoms with van der Waals surface area (Å²) >= 11 is 3.28. The second-order valence-electron chi connectivity index (χ2n) is 8.32. The highest BCUT2D eigenvalue weighted by Crippen LogP contribution is 2.45. The third-order valence-electron chi connectivity index (χ3n) is 5.91. The highest BCUT2D eigenvalue weighted by Gasteiger charge is 2.25. The lowest BCUT2D eigenvalue weighted by atomic mass is 10.0. The molecule has 0 bridgehead atoms. The minimum atomic E-state index is -0.122. The molecule has 0 aliphatic carbocycles. The van der Waals surface area contributed by atoms with Gasteiger partial charge in [-0.2, -0.15) is 0 Å². The van der Waals surface area contributed by atoms with Crippen LogP contribution in [0.15, 0.2) is 41.3 Å². The van der Waals surface area contributed by atoms with Gasteiger partial charge in [-0.3, -0.25) is 9.59 Å². The summed E-state index contributed by atoms with van der Waals surface area (Å²) in [7, 11) is 1.66. The Morgan fingerprint density at radius 1 is 1.17 bits per heavy atom. The van der Waals surface area contributed by atoms with Gasteiger partial charge in [0.2, 0.25) is 11.5 Å².